The minimum Gasteiger partial charge on any atom is -0.386 e. The number of carbonyl (C=O) groups excluding carboxylic acids is 2. The number of halogens is 1. The predicted octanol–water partition coefficient (Wildman–Crippen LogP) is 3.74. The summed E-state index contributed by atoms with van der Waals surface area (Å²) in [6, 6.07) is 18.8. The second-order valence-electron chi connectivity index (χ2n) is 9.79. The van der Waals surface area contributed by atoms with Crippen LogP contribution in [0.2, 0.25) is 0 Å². The summed E-state index contributed by atoms with van der Waals surface area (Å²) in [6.07, 6.45) is 0.190. The first kappa shape index (κ1) is 22.2. The fraction of sp³-hybridized carbons (Fsp3) is 0.357. The molecule has 0 saturated carbocycles. The molecule has 1 unspecified atom stereocenters. The van der Waals surface area contributed by atoms with Gasteiger partial charge >= 0.3 is 0 Å². The Labute approximate surface area is 203 Å². The summed E-state index contributed by atoms with van der Waals surface area (Å²) in [5.74, 6) is -1.16. The Balaban J connectivity index is 1.25. The molecule has 3 aromatic rings. The number of carbonyl (C=O) groups is 2. The average Bonchev–Trinajstić information content (AvgIpc) is 3.29. The lowest BCUT2D eigenvalue weighted by molar-refractivity contribution is -0.136. The SMILES string of the molecule is CNC(=O)C[C@]1(F)C(=O)N(C2CCN(C3c4cccc5cccc(c45)[C@@H]3O)CC2)c2ccccc21. The van der Waals surface area contributed by atoms with Crippen LogP contribution in [-0.2, 0) is 15.3 Å². The summed E-state index contributed by atoms with van der Waals surface area (Å²) in [6.45, 7) is 1.36. The minimum atomic E-state index is -2.35. The van der Waals surface area contributed by atoms with Crippen LogP contribution in [-0.4, -0.2) is 48.0 Å². The van der Waals surface area contributed by atoms with Gasteiger partial charge in [-0.25, -0.2) is 4.39 Å². The van der Waals surface area contributed by atoms with Crippen molar-refractivity contribution in [3.8, 4) is 0 Å². The first-order valence-electron chi connectivity index (χ1n) is 12.2. The molecule has 2 N–H and O–H groups in total. The number of piperidine rings is 1. The molecule has 35 heavy (non-hydrogen) atoms. The monoisotopic (exact) mass is 473 g/mol. The molecule has 3 aromatic carbocycles. The van der Waals surface area contributed by atoms with Gasteiger partial charge in [-0.1, -0.05) is 54.6 Å². The van der Waals surface area contributed by atoms with E-state index in [4.69, 9.17) is 0 Å². The quantitative estimate of drug-likeness (QED) is 0.606. The van der Waals surface area contributed by atoms with Crippen LogP contribution in [0.3, 0.4) is 0 Å². The van der Waals surface area contributed by atoms with Crippen LogP contribution in [0.4, 0.5) is 10.1 Å². The molecule has 3 atom stereocenters. The van der Waals surface area contributed by atoms with Gasteiger partial charge < -0.3 is 15.3 Å². The van der Waals surface area contributed by atoms with Crippen molar-refractivity contribution in [2.75, 3.05) is 25.0 Å². The van der Waals surface area contributed by atoms with Gasteiger partial charge in [-0.15, -0.1) is 0 Å². The van der Waals surface area contributed by atoms with Crippen LogP contribution in [0.25, 0.3) is 10.8 Å². The molecule has 2 amide bonds. The molecule has 0 bridgehead atoms. The average molecular weight is 474 g/mol. The van der Waals surface area contributed by atoms with Crippen molar-refractivity contribution in [3.05, 3.63) is 77.4 Å². The van der Waals surface area contributed by atoms with Gasteiger partial charge in [0.25, 0.3) is 5.91 Å². The molecule has 0 spiro atoms. The van der Waals surface area contributed by atoms with E-state index in [1.54, 1.807) is 29.2 Å². The molecule has 6 nitrogen and oxygen atoms in total. The van der Waals surface area contributed by atoms with Gasteiger partial charge in [-0.3, -0.25) is 14.5 Å². The van der Waals surface area contributed by atoms with Crippen LogP contribution < -0.4 is 10.2 Å². The van der Waals surface area contributed by atoms with E-state index in [9.17, 15) is 14.7 Å². The third-order valence-corrected chi connectivity index (χ3v) is 7.99. The molecular formula is C28H28FN3O3. The highest BCUT2D eigenvalue weighted by molar-refractivity contribution is 6.09. The van der Waals surface area contributed by atoms with Crippen molar-refractivity contribution >= 4 is 28.3 Å². The number of alkyl halides is 1. The number of rotatable bonds is 4. The van der Waals surface area contributed by atoms with Crippen molar-refractivity contribution in [1.29, 1.82) is 0 Å². The smallest absolute Gasteiger partial charge is 0.270 e. The Morgan fingerprint density at radius 3 is 2.46 bits per heavy atom. The van der Waals surface area contributed by atoms with E-state index in [1.807, 2.05) is 18.2 Å². The molecule has 1 aliphatic carbocycles. The Hall–Kier alpha value is -3.29. The zero-order valence-corrected chi connectivity index (χ0v) is 19.6. The highest BCUT2D eigenvalue weighted by atomic mass is 19.1. The van der Waals surface area contributed by atoms with Crippen LogP contribution in [0.5, 0.6) is 0 Å². The van der Waals surface area contributed by atoms with Crippen molar-refractivity contribution in [1.82, 2.24) is 10.2 Å². The van der Waals surface area contributed by atoms with E-state index in [0.29, 0.717) is 31.6 Å². The van der Waals surface area contributed by atoms with Crippen molar-refractivity contribution < 1.29 is 19.1 Å². The zero-order valence-electron chi connectivity index (χ0n) is 19.6. The summed E-state index contributed by atoms with van der Waals surface area (Å²) < 4.78 is 16.1. The molecule has 6 rings (SSSR count). The van der Waals surface area contributed by atoms with Crippen molar-refractivity contribution in [2.24, 2.45) is 0 Å². The number of aliphatic hydroxyl groups excluding tert-OH is 1. The van der Waals surface area contributed by atoms with Crippen molar-refractivity contribution in [3.63, 3.8) is 0 Å². The van der Waals surface area contributed by atoms with Crippen LogP contribution in [0.15, 0.2) is 60.7 Å². The molecule has 1 fully saturated rings. The fourth-order valence-electron chi connectivity index (χ4n) is 6.33. The summed E-state index contributed by atoms with van der Waals surface area (Å²) in [7, 11) is 1.45. The Morgan fingerprint density at radius 1 is 1.06 bits per heavy atom. The molecule has 0 radical (unpaired) electrons. The molecule has 0 aromatic heterocycles. The Bertz CT molecular complexity index is 1330. The second kappa shape index (κ2) is 8.14. The van der Waals surface area contributed by atoms with E-state index in [0.717, 1.165) is 21.9 Å². The number of anilines is 1. The number of hydrogen-bond acceptors (Lipinski definition) is 4. The number of likely N-dealkylation sites (tertiary alicyclic amines) is 1. The zero-order chi connectivity index (χ0) is 24.3. The molecule has 180 valence electrons. The fourth-order valence-corrected chi connectivity index (χ4v) is 6.33. The van der Waals surface area contributed by atoms with E-state index in [2.05, 4.69) is 28.4 Å². The highest BCUT2D eigenvalue weighted by Gasteiger charge is 2.54. The maximum Gasteiger partial charge on any atom is 0.270 e. The normalized spacial score (nSPS) is 26.4. The van der Waals surface area contributed by atoms with E-state index in [1.165, 1.54) is 7.05 Å². The third kappa shape index (κ3) is 3.22. The predicted molar refractivity (Wildman–Crippen MR) is 132 cm³/mol. The number of hydrogen-bond donors (Lipinski definition) is 2. The first-order valence-corrected chi connectivity index (χ1v) is 12.2. The van der Waals surface area contributed by atoms with Gasteiger partial charge in [0.1, 0.15) is 0 Å². The number of aliphatic hydroxyl groups is 1. The second-order valence-corrected chi connectivity index (χ2v) is 9.79. The van der Waals surface area contributed by atoms with Crippen LogP contribution in [0, 0.1) is 0 Å². The lowest BCUT2D eigenvalue weighted by Gasteiger charge is -2.41. The molecule has 7 heteroatoms. The lowest BCUT2D eigenvalue weighted by atomic mass is 9.93. The molecule has 1 saturated heterocycles. The van der Waals surface area contributed by atoms with Gasteiger partial charge in [-0.05, 0) is 40.8 Å². The number of amides is 2. The minimum absolute atomic E-state index is 0.132. The highest BCUT2D eigenvalue weighted by Crippen LogP contribution is 2.50. The number of para-hydroxylation sites is 1. The van der Waals surface area contributed by atoms with Gasteiger partial charge in [-0.2, -0.15) is 0 Å². The Kier molecular flexibility index (Phi) is 5.16. The number of nitrogens with one attached hydrogen (secondary N) is 1. The maximum atomic E-state index is 16.1. The van der Waals surface area contributed by atoms with Gasteiger partial charge in [0.2, 0.25) is 11.6 Å². The number of nitrogens with zero attached hydrogens (tertiary/aromatic N) is 2. The molecular weight excluding hydrogens is 445 g/mol. The first-order chi connectivity index (χ1) is 16.9. The van der Waals surface area contributed by atoms with E-state index in [-0.39, 0.29) is 17.6 Å². The summed E-state index contributed by atoms with van der Waals surface area (Å²) in [4.78, 5) is 29.3. The van der Waals surface area contributed by atoms with Gasteiger partial charge in [0.05, 0.1) is 24.3 Å². The standard InChI is InChI=1S/C28H28FN3O3/c1-30-23(33)16-28(29)21-10-2-3-11-22(21)32(27(28)35)18-12-14-31(15-13-18)25-19-8-4-6-17-7-5-9-20(24(17)19)26(25)34/h2-11,18,25-26,34H,12-16H2,1H3,(H,30,33)/t25?,26-,28+/m0/s1. The summed E-state index contributed by atoms with van der Waals surface area (Å²) in [5, 5.41) is 15.9. The van der Waals surface area contributed by atoms with Gasteiger partial charge in [0.15, 0.2) is 0 Å². The molecule has 2 heterocycles. The summed E-state index contributed by atoms with van der Waals surface area (Å²) >= 11 is 0. The molecule has 2 aliphatic heterocycles. The van der Waals surface area contributed by atoms with Crippen LogP contribution in [0.1, 0.15) is 48.1 Å². The van der Waals surface area contributed by atoms with E-state index < -0.39 is 30.0 Å². The van der Waals surface area contributed by atoms with Crippen molar-refractivity contribution in [2.45, 2.75) is 43.1 Å². The lowest BCUT2D eigenvalue weighted by Crippen LogP contribution is -2.50. The third-order valence-electron chi connectivity index (χ3n) is 7.99. The number of benzene rings is 3. The largest absolute Gasteiger partial charge is 0.386 e. The Morgan fingerprint density at radius 2 is 1.74 bits per heavy atom. The van der Waals surface area contributed by atoms with Gasteiger partial charge in [0, 0.05) is 31.7 Å². The topological polar surface area (TPSA) is 72.9 Å². The maximum absolute atomic E-state index is 16.1. The molecule has 3 aliphatic rings. The van der Waals surface area contributed by atoms with E-state index >= 15 is 4.39 Å². The van der Waals surface area contributed by atoms with Crippen LogP contribution >= 0.6 is 0 Å². The summed E-state index contributed by atoms with van der Waals surface area (Å²) in [5.41, 5.74) is 0.572. The number of fused-ring (bicyclic) bond motifs is 1.